The number of amides is 2. The monoisotopic (exact) mass is 679 g/mol. The molecule has 0 spiro atoms. The molecule has 2 aromatic carbocycles. The van der Waals surface area contributed by atoms with E-state index < -0.39 is 55.2 Å². The lowest BCUT2D eigenvalue weighted by Gasteiger charge is -2.44. The van der Waals surface area contributed by atoms with Gasteiger partial charge < -0.3 is 30.0 Å². The standard InChI is InChI=1S/C33H37F5N6O4/c1-19-15-43(21-6-9-48-10-7-21)16-25(35)29(19)42-32(46)23-11-20(12-27-30(23)41-18-44(27)17-33(36,37)38)5-4-8-40-26-14-24(34)22(31(45)39-2)13-28(26)47-3/h11-14,18-19,21,25,29,40H,6-10,15-17H2,1-3H3,(H,39,45)(H,42,46)/t19-,25-,29+/m0/s1/i3D3. The largest absolute Gasteiger partial charge is 0.495 e. The molecule has 48 heavy (non-hydrogen) atoms. The predicted molar refractivity (Wildman–Crippen MR) is 168 cm³/mol. The number of hydrogen-bond donors (Lipinski definition) is 3. The van der Waals surface area contributed by atoms with Crippen LogP contribution in [0.15, 0.2) is 30.6 Å². The van der Waals surface area contributed by atoms with Crippen LogP contribution in [-0.2, 0) is 11.3 Å². The molecular weight excluding hydrogens is 639 g/mol. The molecular formula is C33H37F5N6O4. The van der Waals surface area contributed by atoms with Gasteiger partial charge in [-0.2, -0.15) is 13.2 Å². The maximum atomic E-state index is 15.6. The van der Waals surface area contributed by atoms with Gasteiger partial charge in [0, 0.05) is 51.0 Å². The van der Waals surface area contributed by atoms with Crippen molar-refractivity contribution >= 4 is 28.5 Å². The fourth-order valence-corrected chi connectivity index (χ4v) is 6.16. The van der Waals surface area contributed by atoms with Crippen molar-refractivity contribution in [2.75, 3.05) is 52.3 Å². The average molecular weight is 680 g/mol. The Labute approximate surface area is 278 Å². The van der Waals surface area contributed by atoms with Gasteiger partial charge in [0.15, 0.2) is 0 Å². The number of aromatic nitrogens is 2. The molecule has 0 bridgehead atoms. The third-order valence-corrected chi connectivity index (χ3v) is 8.51. The number of benzene rings is 2. The quantitative estimate of drug-likeness (QED) is 0.243. The first-order valence-corrected chi connectivity index (χ1v) is 15.3. The number of methoxy groups -OCH3 is 1. The van der Waals surface area contributed by atoms with E-state index in [0.29, 0.717) is 19.8 Å². The molecule has 10 nitrogen and oxygen atoms in total. The second kappa shape index (κ2) is 14.8. The summed E-state index contributed by atoms with van der Waals surface area (Å²) in [5.74, 6) is 2.32. The molecule has 3 heterocycles. The summed E-state index contributed by atoms with van der Waals surface area (Å²) in [6, 6.07) is 3.78. The Bertz CT molecular complexity index is 1810. The summed E-state index contributed by atoms with van der Waals surface area (Å²) in [7, 11) is -1.67. The number of hydrogen-bond acceptors (Lipinski definition) is 7. The second-order valence-electron chi connectivity index (χ2n) is 11.8. The van der Waals surface area contributed by atoms with E-state index in [-0.39, 0.29) is 58.6 Å². The minimum absolute atomic E-state index is 0.0266. The number of fused-ring (bicyclic) bond motifs is 1. The van der Waals surface area contributed by atoms with E-state index in [9.17, 15) is 27.2 Å². The van der Waals surface area contributed by atoms with Crippen molar-refractivity contribution in [3.63, 3.8) is 0 Å². The molecule has 3 aromatic rings. The summed E-state index contributed by atoms with van der Waals surface area (Å²) in [4.78, 5) is 31.9. The van der Waals surface area contributed by atoms with Crippen LogP contribution in [0.2, 0.25) is 0 Å². The van der Waals surface area contributed by atoms with Gasteiger partial charge in [0.1, 0.15) is 29.8 Å². The van der Waals surface area contributed by atoms with E-state index in [2.05, 4.69) is 37.7 Å². The number of anilines is 1. The lowest BCUT2D eigenvalue weighted by molar-refractivity contribution is -0.140. The van der Waals surface area contributed by atoms with Crippen LogP contribution < -0.4 is 20.7 Å². The van der Waals surface area contributed by atoms with Crippen LogP contribution in [0.25, 0.3) is 11.0 Å². The maximum Gasteiger partial charge on any atom is 0.406 e. The zero-order chi connectivity index (χ0) is 37.1. The number of nitrogens with one attached hydrogen (secondary N) is 3. The van der Waals surface area contributed by atoms with Gasteiger partial charge in [0.2, 0.25) is 0 Å². The Hall–Kier alpha value is -4.42. The third-order valence-electron chi connectivity index (χ3n) is 8.51. The van der Waals surface area contributed by atoms with Gasteiger partial charge in [0.05, 0.1) is 52.4 Å². The highest BCUT2D eigenvalue weighted by Crippen LogP contribution is 2.29. The number of ether oxygens (including phenoxy) is 2. The molecule has 2 amide bonds. The van der Waals surface area contributed by atoms with Crippen molar-refractivity contribution in [3.8, 4) is 17.6 Å². The van der Waals surface area contributed by atoms with Crippen LogP contribution in [0.5, 0.6) is 5.75 Å². The second-order valence-corrected chi connectivity index (χ2v) is 11.8. The SMILES string of the molecule is [2H]C([2H])([2H])Oc1cc(C(=O)NC)c(F)cc1NCC#Cc1cc(C(=O)N[C@@H]2[C@@H](C)CN(C3CCOCC3)C[C@@H]2F)c2ncn(CC(F)(F)F)c2c1. The molecule has 2 saturated heterocycles. The number of piperidine rings is 1. The highest BCUT2D eigenvalue weighted by Gasteiger charge is 2.39. The average Bonchev–Trinajstić information content (AvgIpc) is 3.45. The van der Waals surface area contributed by atoms with Gasteiger partial charge in [-0.1, -0.05) is 18.8 Å². The Morgan fingerprint density at radius 3 is 2.60 bits per heavy atom. The Kier molecular flexibility index (Phi) is 9.51. The van der Waals surface area contributed by atoms with Crippen molar-refractivity contribution in [3.05, 3.63) is 53.1 Å². The summed E-state index contributed by atoms with van der Waals surface area (Å²) in [6.45, 7) is 2.06. The molecule has 2 aliphatic rings. The van der Waals surface area contributed by atoms with Crippen molar-refractivity contribution in [1.82, 2.24) is 25.1 Å². The number of imidazole rings is 1. The van der Waals surface area contributed by atoms with Gasteiger partial charge in [-0.25, -0.2) is 13.8 Å². The molecule has 3 atom stereocenters. The fraction of sp³-hybridized carbons (Fsp3) is 0.485. The molecule has 0 unspecified atom stereocenters. The fourth-order valence-electron chi connectivity index (χ4n) is 6.16. The summed E-state index contributed by atoms with van der Waals surface area (Å²) < 4.78 is 104. The maximum absolute atomic E-state index is 15.6. The van der Waals surface area contributed by atoms with Gasteiger partial charge in [0.25, 0.3) is 11.8 Å². The third kappa shape index (κ3) is 7.99. The van der Waals surface area contributed by atoms with E-state index >= 15 is 4.39 Å². The number of carbonyl (C=O) groups excluding carboxylic acids is 2. The Morgan fingerprint density at radius 2 is 1.92 bits per heavy atom. The minimum Gasteiger partial charge on any atom is -0.495 e. The lowest BCUT2D eigenvalue weighted by Crippen LogP contribution is -2.59. The van der Waals surface area contributed by atoms with Gasteiger partial charge >= 0.3 is 6.18 Å². The number of carbonyl (C=O) groups is 2. The summed E-state index contributed by atoms with van der Waals surface area (Å²) >= 11 is 0. The molecule has 15 heteroatoms. The van der Waals surface area contributed by atoms with Crippen LogP contribution in [0.4, 0.5) is 27.6 Å². The molecule has 3 N–H and O–H groups in total. The topological polar surface area (TPSA) is 110 Å². The van der Waals surface area contributed by atoms with Crippen LogP contribution >= 0.6 is 0 Å². The normalized spacial score (nSPS) is 21.7. The van der Waals surface area contributed by atoms with E-state index in [4.69, 9.17) is 13.6 Å². The number of halogens is 5. The number of rotatable bonds is 8. The highest BCUT2D eigenvalue weighted by atomic mass is 19.4. The van der Waals surface area contributed by atoms with E-state index in [0.717, 1.165) is 35.9 Å². The lowest BCUT2D eigenvalue weighted by atomic mass is 9.89. The van der Waals surface area contributed by atoms with Crippen molar-refractivity contribution < 1.29 is 45.1 Å². The summed E-state index contributed by atoms with van der Waals surface area (Å²) in [6.07, 6.45) is -3.47. The first-order chi connectivity index (χ1) is 24.0. The van der Waals surface area contributed by atoms with Crippen LogP contribution in [-0.4, -0.2) is 97.6 Å². The first kappa shape index (κ1) is 30.9. The van der Waals surface area contributed by atoms with Gasteiger partial charge in [-0.05, 0) is 37.0 Å². The smallest absolute Gasteiger partial charge is 0.406 e. The summed E-state index contributed by atoms with van der Waals surface area (Å²) in [5, 5.41) is 7.71. The molecule has 2 fully saturated rings. The zero-order valence-corrected chi connectivity index (χ0v) is 26.2. The zero-order valence-electron chi connectivity index (χ0n) is 29.2. The predicted octanol–water partition coefficient (Wildman–Crippen LogP) is 4.14. The Morgan fingerprint density at radius 1 is 1.15 bits per heavy atom. The molecule has 2 aliphatic heterocycles. The van der Waals surface area contributed by atoms with Crippen LogP contribution in [0.1, 0.15) is 50.2 Å². The molecule has 5 rings (SSSR count). The Balaban J connectivity index is 1.40. The number of likely N-dealkylation sites (tertiary alicyclic amines) is 1. The van der Waals surface area contributed by atoms with Crippen molar-refractivity contribution in [1.29, 1.82) is 0 Å². The van der Waals surface area contributed by atoms with Crippen molar-refractivity contribution in [2.24, 2.45) is 5.92 Å². The van der Waals surface area contributed by atoms with E-state index in [1.807, 2.05) is 6.92 Å². The molecule has 1 aromatic heterocycles. The van der Waals surface area contributed by atoms with Crippen LogP contribution in [0, 0.1) is 23.6 Å². The van der Waals surface area contributed by atoms with Crippen molar-refractivity contribution in [2.45, 2.75) is 50.7 Å². The molecule has 0 radical (unpaired) electrons. The minimum atomic E-state index is -4.60. The van der Waals surface area contributed by atoms with E-state index in [1.54, 1.807) is 0 Å². The molecule has 258 valence electrons. The van der Waals surface area contributed by atoms with E-state index in [1.165, 1.54) is 19.2 Å². The van der Waals surface area contributed by atoms with Crippen LogP contribution in [0.3, 0.4) is 0 Å². The molecule has 0 aliphatic carbocycles. The first-order valence-electron chi connectivity index (χ1n) is 16.8. The number of alkyl halides is 4. The summed E-state index contributed by atoms with van der Waals surface area (Å²) in [5.41, 5.74) is -0.629. The highest BCUT2D eigenvalue weighted by molar-refractivity contribution is 6.05. The number of nitrogens with zero attached hydrogens (tertiary/aromatic N) is 3. The molecule has 0 saturated carbocycles. The van der Waals surface area contributed by atoms with Gasteiger partial charge in [-0.3, -0.25) is 14.5 Å². The van der Waals surface area contributed by atoms with Gasteiger partial charge in [-0.15, -0.1) is 0 Å².